The van der Waals surface area contributed by atoms with E-state index in [0.29, 0.717) is 28.0 Å². The van der Waals surface area contributed by atoms with E-state index in [9.17, 15) is 10.1 Å². The van der Waals surface area contributed by atoms with Gasteiger partial charge in [0, 0.05) is 23.1 Å². The van der Waals surface area contributed by atoms with Crippen molar-refractivity contribution in [2.45, 2.75) is 24.8 Å². The molecule has 1 aromatic carbocycles. The third-order valence-corrected chi connectivity index (χ3v) is 5.04. The molecule has 0 atom stereocenters. The average Bonchev–Trinajstić information content (AvgIpc) is 3.22. The summed E-state index contributed by atoms with van der Waals surface area (Å²) in [5.41, 5.74) is 6.95. The van der Waals surface area contributed by atoms with Crippen LogP contribution in [0, 0.1) is 10.1 Å². The van der Waals surface area contributed by atoms with Crippen LogP contribution in [0.25, 0.3) is 22.2 Å². The lowest BCUT2D eigenvalue weighted by Crippen LogP contribution is -2.44. The zero-order chi connectivity index (χ0) is 16.7. The Morgan fingerprint density at radius 3 is 2.88 bits per heavy atom. The smallest absolute Gasteiger partial charge is 0.277 e. The number of nitrogens with two attached hydrogens (primary N) is 1. The van der Waals surface area contributed by atoms with Gasteiger partial charge in [-0.1, -0.05) is 17.3 Å². The van der Waals surface area contributed by atoms with E-state index in [0.717, 1.165) is 19.3 Å². The maximum absolute atomic E-state index is 10.9. The number of hydrogen-bond donors (Lipinski definition) is 1. The highest BCUT2D eigenvalue weighted by Crippen LogP contribution is 2.38. The molecule has 24 heavy (non-hydrogen) atoms. The second kappa shape index (κ2) is 5.46. The van der Waals surface area contributed by atoms with Gasteiger partial charge in [0.15, 0.2) is 5.82 Å². The summed E-state index contributed by atoms with van der Waals surface area (Å²) in [6.45, 7) is 0. The van der Waals surface area contributed by atoms with Gasteiger partial charge >= 0.3 is 0 Å². The highest BCUT2D eigenvalue weighted by Gasteiger charge is 2.39. The molecule has 4 rings (SSSR count). The molecule has 2 aromatic heterocycles. The molecule has 0 amide bonds. The van der Waals surface area contributed by atoms with E-state index >= 15 is 0 Å². The van der Waals surface area contributed by atoms with Gasteiger partial charge in [0.2, 0.25) is 0 Å². The first-order chi connectivity index (χ1) is 11.5. The maximum atomic E-state index is 10.9. The number of thiazole rings is 1. The molecule has 0 aliphatic heterocycles. The summed E-state index contributed by atoms with van der Waals surface area (Å²) in [4.78, 5) is 19.3. The minimum absolute atomic E-state index is 0.0272. The second-order valence-corrected chi connectivity index (χ2v) is 6.64. The van der Waals surface area contributed by atoms with E-state index in [1.807, 2.05) is 0 Å². The fourth-order valence-electron chi connectivity index (χ4n) is 2.57. The molecule has 0 spiro atoms. The van der Waals surface area contributed by atoms with Crippen molar-refractivity contribution >= 4 is 17.0 Å². The fraction of sp³-hybridized carbons (Fsp3) is 0.267. The number of non-ortho nitro benzene ring substituents is 1. The minimum Gasteiger partial charge on any atom is -0.332 e. The van der Waals surface area contributed by atoms with Crippen molar-refractivity contribution in [1.29, 1.82) is 0 Å². The van der Waals surface area contributed by atoms with Gasteiger partial charge in [-0.15, -0.1) is 11.3 Å². The Morgan fingerprint density at radius 1 is 1.33 bits per heavy atom. The summed E-state index contributed by atoms with van der Waals surface area (Å²) in [5.74, 6) is 0.823. The van der Waals surface area contributed by atoms with E-state index in [-0.39, 0.29) is 5.69 Å². The Hall–Kier alpha value is -2.65. The van der Waals surface area contributed by atoms with Crippen LogP contribution in [0.1, 0.15) is 25.1 Å². The van der Waals surface area contributed by atoms with Crippen molar-refractivity contribution in [3.8, 4) is 22.2 Å². The quantitative estimate of drug-likeness (QED) is 0.570. The van der Waals surface area contributed by atoms with Crippen LogP contribution in [-0.2, 0) is 5.54 Å². The molecule has 1 aliphatic carbocycles. The SMILES string of the molecule is NC1(c2noc(-c3csc(-c4cccc([N+](=O)[O-])c4)n3)n2)CCC1. The molecule has 122 valence electrons. The van der Waals surface area contributed by atoms with Crippen LogP contribution in [0.15, 0.2) is 34.2 Å². The number of nitro benzene ring substituents is 1. The topological polar surface area (TPSA) is 121 Å². The maximum Gasteiger partial charge on any atom is 0.277 e. The molecule has 2 N–H and O–H groups in total. The van der Waals surface area contributed by atoms with Gasteiger partial charge in [-0.2, -0.15) is 4.98 Å². The average molecular weight is 343 g/mol. The van der Waals surface area contributed by atoms with Crippen LogP contribution in [0.5, 0.6) is 0 Å². The van der Waals surface area contributed by atoms with Gasteiger partial charge in [-0.25, -0.2) is 4.98 Å². The van der Waals surface area contributed by atoms with Gasteiger partial charge in [-0.3, -0.25) is 10.1 Å². The van der Waals surface area contributed by atoms with Gasteiger partial charge < -0.3 is 10.3 Å². The van der Waals surface area contributed by atoms with Crippen molar-refractivity contribution < 1.29 is 9.45 Å². The third kappa shape index (κ3) is 2.47. The Bertz CT molecular complexity index is 915. The Kier molecular flexibility index (Phi) is 3.39. The second-order valence-electron chi connectivity index (χ2n) is 5.78. The fourth-order valence-corrected chi connectivity index (χ4v) is 3.36. The summed E-state index contributed by atoms with van der Waals surface area (Å²) in [5, 5.41) is 17.3. The largest absolute Gasteiger partial charge is 0.332 e. The molecule has 0 bridgehead atoms. The molecule has 1 saturated carbocycles. The summed E-state index contributed by atoms with van der Waals surface area (Å²) >= 11 is 1.36. The Morgan fingerprint density at radius 2 is 2.17 bits per heavy atom. The Balaban J connectivity index is 1.63. The number of nitro groups is 1. The molecular weight excluding hydrogens is 330 g/mol. The zero-order valence-electron chi connectivity index (χ0n) is 12.5. The molecule has 0 radical (unpaired) electrons. The van der Waals surface area contributed by atoms with Gasteiger partial charge in [0.05, 0.1) is 10.5 Å². The van der Waals surface area contributed by atoms with Crippen LogP contribution in [0.3, 0.4) is 0 Å². The van der Waals surface area contributed by atoms with Crippen molar-refractivity contribution in [2.24, 2.45) is 5.73 Å². The van der Waals surface area contributed by atoms with Crippen molar-refractivity contribution in [3.63, 3.8) is 0 Å². The lowest BCUT2D eigenvalue weighted by atomic mass is 9.77. The van der Waals surface area contributed by atoms with E-state index < -0.39 is 10.5 Å². The number of rotatable bonds is 4. The van der Waals surface area contributed by atoms with Gasteiger partial charge in [-0.05, 0) is 19.3 Å². The molecule has 1 aliphatic rings. The predicted molar refractivity (Wildman–Crippen MR) is 87.2 cm³/mol. The molecule has 3 aromatic rings. The molecular formula is C15H13N5O3S. The van der Waals surface area contributed by atoms with E-state index in [2.05, 4.69) is 15.1 Å². The highest BCUT2D eigenvalue weighted by molar-refractivity contribution is 7.13. The summed E-state index contributed by atoms with van der Waals surface area (Å²) in [6.07, 6.45) is 2.76. The van der Waals surface area contributed by atoms with Gasteiger partial charge in [0.25, 0.3) is 11.6 Å². The highest BCUT2D eigenvalue weighted by atomic mass is 32.1. The van der Waals surface area contributed by atoms with Crippen molar-refractivity contribution in [1.82, 2.24) is 15.1 Å². The lowest BCUT2D eigenvalue weighted by Gasteiger charge is -2.34. The van der Waals surface area contributed by atoms with Crippen molar-refractivity contribution in [3.05, 3.63) is 45.6 Å². The number of nitrogens with zero attached hydrogens (tertiary/aromatic N) is 4. The summed E-state index contributed by atoms with van der Waals surface area (Å²) < 4.78 is 5.28. The van der Waals surface area contributed by atoms with E-state index in [1.54, 1.807) is 17.5 Å². The number of hydrogen-bond acceptors (Lipinski definition) is 8. The predicted octanol–water partition coefficient (Wildman–Crippen LogP) is 3.11. The lowest BCUT2D eigenvalue weighted by molar-refractivity contribution is -0.384. The van der Waals surface area contributed by atoms with Crippen molar-refractivity contribution in [2.75, 3.05) is 0 Å². The first-order valence-corrected chi connectivity index (χ1v) is 8.27. The van der Waals surface area contributed by atoms with Gasteiger partial charge in [0.1, 0.15) is 10.7 Å². The first-order valence-electron chi connectivity index (χ1n) is 7.39. The molecule has 1 fully saturated rings. The molecule has 8 nitrogen and oxygen atoms in total. The van der Waals surface area contributed by atoms with Crippen LogP contribution in [-0.4, -0.2) is 20.0 Å². The van der Waals surface area contributed by atoms with E-state index in [4.69, 9.17) is 10.3 Å². The molecule has 0 saturated heterocycles. The normalized spacial score (nSPS) is 15.9. The number of benzene rings is 1. The zero-order valence-corrected chi connectivity index (χ0v) is 13.3. The van der Waals surface area contributed by atoms with Crippen LogP contribution in [0.2, 0.25) is 0 Å². The first kappa shape index (κ1) is 14.9. The van der Waals surface area contributed by atoms with E-state index in [1.165, 1.54) is 23.5 Å². The summed E-state index contributed by atoms with van der Waals surface area (Å²) in [7, 11) is 0. The number of aromatic nitrogens is 3. The monoisotopic (exact) mass is 343 g/mol. The van der Waals surface area contributed by atoms with Crippen LogP contribution in [0.4, 0.5) is 5.69 Å². The molecule has 9 heteroatoms. The minimum atomic E-state index is -0.485. The van der Waals surface area contributed by atoms with Crippen LogP contribution < -0.4 is 5.73 Å². The third-order valence-electron chi connectivity index (χ3n) is 4.14. The summed E-state index contributed by atoms with van der Waals surface area (Å²) in [6, 6.07) is 6.35. The molecule has 2 heterocycles. The molecule has 0 unspecified atom stereocenters. The Labute approximate surface area is 140 Å². The van der Waals surface area contributed by atoms with Crippen LogP contribution >= 0.6 is 11.3 Å². The standard InChI is InChI=1S/C15H13N5O3S/c16-15(5-2-6-15)14-18-12(23-19-14)11-8-24-13(17-11)9-3-1-4-10(7-9)20(21)22/h1,3-4,7-8H,2,5-6,16H2.